The molecule has 0 spiro atoms. The minimum absolute atomic E-state index is 0.0694. The van der Waals surface area contributed by atoms with Crippen LogP contribution in [-0.4, -0.2) is 14.5 Å². The molecule has 4 rings (SSSR count). The number of benzene rings is 3. The molecule has 0 atom stereocenters. The zero-order valence-corrected chi connectivity index (χ0v) is 14.7. The van der Waals surface area contributed by atoms with Crippen molar-refractivity contribution in [3.05, 3.63) is 101 Å². The molecule has 0 fully saturated rings. The van der Waals surface area contributed by atoms with Gasteiger partial charge >= 0.3 is 0 Å². The Morgan fingerprint density at radius 2 is 1.52 bits per heavy atom. The van der Waals surface area contributed by atoms with Crippen LogP contribution in [0.1, 0.15) is 5.56 Å². The van der Waals surface area contributed by atoms with E-state index in [0.29, 0.717) is 0 Å². The van der Waals surface area contributed by atoms with E-state index in [-0.39, 0.29) is 5.69 Å². The molecule has 0 saturated heterocycles. The van der Waals surface area contributed by atoms with Crippen LogP contribution in [0.15, 0.2) is 85.1 Å². The van der Waals surface area contributed by atoms with Gasteiger partial charge in [-0.2, -0.15) is 0 Å². The second kappa shape index (κ2) is 6.88. The molecule has 0 aliphatic heterocycles. The largest absolute Gasteiger partial charge is 0.299 e. The maximum absolute atomic E-state index is 10.9. The monoisotopic (exact) mass is 355 g/mol. The van der Waals surface area contributed by atoms with Crippen molar-refractivity contribution in [1.29, 1.82) is 0 Å². The zero-order chi connectivity index (χ0) is 18.8. The first-order chi connectivity index (χ1) is 13.1. The van der Waals surface area contributed by atoms with Crippen molar-refractivity contribution < 1.29 is 4.92 Å². The third kappa shape index (κ3) is 3.35. The fraction of sp³-hybridized carbons (Fsp3) is 0.0455. The van der Waals surface area contributed by atoms with Gasteiger partial charge in [0.2, 0.25) is 0 Å². The van der Waals surface area contributed by atoms with Crippen molar-refractivity contribution in [3.8, 4) is 28.3 Å². The van der Waals surface area contributed by atoms with Crippen LogP contribution < -0.4 is 0 Å². The Morgan fingerprint density at radius 3 is 2.15 bits per heavy atom. The maximum Gasteiger partial charge on any atom is 0.269 e. The third-order valence-corrected chi connectivity index (χ3v) is 4.42. The van der Waals surface area contributed by atoms with Crippen LogP contribution in [0.25, 0.3) is 28.3 Å². The zero-order valence-electron chi connectivity index (χ0n) is 14.7. The van der Waals surface area contributed by atoms with Gasteiger partial charge in [-0.05, 0) is 31.2 Å². The summed E-state index contributed by atoms with van der Waals surface area (Å²) >= 11 is 0. The van der Waals surface area contributed by atoms with Gasteiger partial charge in [-0.25, -0.2) is 4.98 Å². The lowest BCUT2D eigenvalue weighted by Gasteiger charge is -2.08. The summed E-state index contributed by atoms with van der Waals surface area (Å²) in [6, 6.07) is 24.7. The molecular weight excluding hydrogens is 338 g/mol. The van der Waals surface area contributed by atoms with Crippen LogP contribution >= 0.6 is 0 Å². The predicted octanol–water partition coefficient (Wildman–Crippen LogP) is 5.42. The van der Waals surface area contributed by atoms with Crippen LogP contribution in [0.5, 0.6) is 0 Å². The number of imidazole rings is 1. The van der Waals surface area contributed by atoms with E-state index in [2.05, 4.69) is 31.2 Å². The molecule has 0 saturated carbocycles. The molecule has 5 nitrogen and oxygen atoms in total. The van der Waals surface area contributed by atoms with Gasteiger partial charge < -0.3 is 0 Å². The number of nitro groups is 1. The average Bonchev–Trinajstić information content (AvgIpc) is 3.15. The van der Waals surface area contributed by atoms with Crippen LogP contribution in [-0.2, 0) is 0 Å². The highest BCUT2D eigenvalue weighted by atomic mass is 16.6. The molecule has 132 valence electrons. The van der Waals surface area contributed by atoms with Gasteiger partial charge in [-0.15, -0.1) is 0 Å². The van der Waals surface area contributed by atoms with Crippen LogP contribution in [0.3, 0.4) is 0 Å². The van der Waals surface area contributed by atoms with Gasteiger partial charge in [0.15, 0.2) is 0 Å². The van der Waals surface area contributed by atoms with E-state index in [1.165, 1.54) is 17.7 Å². The topological polar surface area (TPSA) is 61.0 Å². The quantitative estimate of drug-likeness (QED) is 0.362. The minimum atomic E-state index is -0.399. The molecule has 5 heteroatoms. The molecule has 1 heterocycles. The van der Waals surface area contributed by atoms with Gasteiger partial charge in [-0.1, -0.05) is 48.0 Å². The number of aryl methyl sites for hydroxylation is 1. The molecule has 4 aromatic rings. The SMILES string of the molecule is Cc1ccc(-n2cc(-c3ccc([N+](=O)[O-])cc3)nc2-c2ccccc2)cc1. The Labute approximate surface area is 156 Å². The summed E-state index contributed by atoms with van der Waals surface area (Å²) < 4.78 is 2.05. The molecular formula is C22H17N3O2. The van der Waals surface area contributed by atoms with Gasteiger partial charge in [0.25, 0.3) is 5.69 Å². The first-order valence-electron chi connectivity index (χ1n) is 8.58. The molecule has 1 aromatic heterocycles. The Bertz CT molecular complexity index is 1080. The summed E-state index contributed by atoms with van der Waals surface area (Å²) in [6.07, 6.45) is 1.97. The molecule has 3 aromatic carbocycles. The maximum atomic E-state index is 10.9. The van der Waals surface area contributed by atoms with Crippen LogP contribution in [0, 0.1) is 17.0 Å². The minimum Gasteiger partial charge on any atom is -0.299 e. The number of nitro benzene ring substituents is 1. The third-order valence-electron chi connectivity index (χ3n) is 4.42. The highest BCUT2D eigenvalue weighted by Gasteiger charge is 2.14. The number of non-ortho nitro benzene ring substituents is 1. The molecule has 0 N–H and O–H groups in total. The van der Waals surface area contributed by atoms with Crippen molar-refractivity contribution in [2.24, 2.45) is 0 Å². The molecule has 0 aliphatic rings. The Balaban J connectivity index is 1.84. The van der Waals surface area contributed by atoms with Gasteiger partial charge in [0.05, 0.1) is 10.6 Å². The number of rotatable bonds is 4. The summed E-state index contributed by atoms with van der Waals surface area (Å²) in [6.45, 7) is 2.05. The molecule has 0 bridgehead atoms. The van der Waals surface area contributed by atoms with E-state index in [9.17, 15) is 10.1 Å². The van der Waals surface area contributed by atoms with Crippen LogP contribution in [0.2, 0.25) is 0 Å². The van der Waals surface area contributed by atoms with E-state index in [0.717, 1.165) is 28.3 Å². The second-order valence-electron chi connectivity index (χ2n) is 6.33. The van der Waals surface area contributed by atoms with Gasteiger partial charge in [0.1, 0.15) is 5.82 Å². The van der Waals surface area contributed by atoms with Crippen LogP contribution in [0.4, 0.5) is 5.69 Å². The first-order valence-corrected chi connectivity index (χ1v) is 8.58. The van der Waals surface area contributed by atoms with Crippen molar-refractivity contribution >= 4 is 5.69 Å². The highest BCUT2D eigenvalue weighted by Crippen LogP contribution is 2.28. The van der Waals surface area contributed by atoms with Gasteiger partial charge in [-0.3, -0.25) is 14.7 Å². The van der Waals surface area contributed by atoms with Gasteiger partial charge in [0, 0.05) is 35.1 Å². The lowest BCUT2D eigenvalue weighted by atomic mass is 10.1. The number of aromatic nitrogens is 2. The standard InChI is InChI=1S/C22H17N3O2/c1-16-7-11-19(12-8-16)24-15-21(17-9-13-20(14-10-17)25(26)27)23-22(24)18-5-3-2-4-6-18/h2-15H,1H3. The summed E-state index contributed by atoms with van der Waals surface area (Å²) in [5, 5.41) is 10.9. The first kappa shape index (κ1) is 16.7. The summed E-state index contributed by atoms with van der Waals surface area (Å²) in [7, 11) is 0. The van der Waals surface area contributed by atoms with Crippen molar-refractivity contribution in [2.45, 2.75) is 6.92 Å². The molecule has 27 heavy (non-hydrogen) atoms. The predicted molar refractivity (Wildman–Crippen MR) is 106 cm³/mol. The Hall–Kier alpha value is -3.73. The van der Waals surface area contributed by atoms with Crippen molar-refractivity contribution in [2.75, 3.05) is 0 Å². The molecule has 0 radical (unpaired) electrons. The van der Waals surface area contributed by atoms with E-state index in [1.807, 2.05) is 41.1 Å². The number of hydrogen-bond donors (Lipinski definition) is 0. The summed E-state index contributed by atoms with van der Waals surface area (Å²) in [4.78, 5) is 15.3. The number of hydrogen-bond acceptors (Lipinski definition) is 3. The van der Waals surface area contributed by atoms with Crippen molar-refractivity contribution in [3.63, 3.8) is 0 Å². The van der Waals surface area contributed by atoms with E-state index in [1.54, 1.807) is 12.1 Å². The highest BCUT2D eigenvalue weighted by molar-refractivity contribution is 5.68. The second-order valence-corrected chi connectivity index (χ2v) is 6.33. The fourth-order valence-corrected chi connectivity index (χ4v) is 2.97. The fourth-order valence-electron chi connectivity index (χ4n) is 2.97. The van der Waals surface area contributed by atoms with E-state index >= 15 is 0 Å². The Kier molecular flexibility index (Phi) is 4.26. The van der Waals surface area contributed by atoms with E-state index < -0.39 is 4.92 Å². The summed E-state index contributed by atoms with van der Waals surface area (Å²) in [5.41, 5.74) is 4.88. The van der Waals surface area contributed by atoms with Crippen molar-refractivity contribution in [1.82, 2.24) is 9.55 Å². The Morgan fingerprint density at radius 1 is 0.852 bits per heavy atom. The lowest BCUT2D eigenvalue weighted by molar-refractivity contribution is -0.384. The average molecular weight is 355 g/mol. The smallest absolute Gasteiger partial charge is 0.269 e. The van der Waals surface area contributed by atoms with E-state index in [4.69, 9.17) is 4.98 Å². The molecule has 0 amide bonds. The lowest BCUT2D eigenvalue weighted by Crippen LogP contribution is -1.95. The normalized spacial score (nSPS) is 10.7. The summed E-state index contributed by atoms with van der Waals surface area (Å²) in [5.74, 6) is 0.827. The molecule has 0 unspecified atom stereocenters. The molecule has 0 aliphatic carbocycles. The number of nitrogens with zero attached hydrogens (tertiary/aromatic N) is 3.